The first-order valence-corrected chi connectivity index (χ1v) is 9.82. The zero-order chi connectivity index (χ0) is 17.9. The van der Waals surface area contributed by atoms with E-state index in [1.54, 1.807) is 25.3 Å². The van der Waals surface area contributed by atoms with Gasteiger partial charge >= 0.3 is 0 Å². The zero-order valence-electron chi connectivity index (χ0n) is 13.9. The van der Waals surface area contributed by atoms with E-state index in [0.717, 1.165) is 12.8 Å². The van der Waals surface area contributed by atoms with Crippen molar-refractivity contribution in [1.29, 1.82) is 0 Å². The minimum Gasteiger partial charge on any atom is -0.437 e. The molecule has 8 heteroatoms. The largest absolute Gasteiger partial charge is 0.437 e. The maximum Gasteiger partial charge on any atom is 0.238 e. The van der Waals surface area contributed by atoms with E-state index in [-0.39, 0.29) is 17.6 Å². The Morgan fingerprint density at radius 2 is 2.20 bits per heavy atom. The number of benzene rings is 1. The van der Waals surface area contributed by atoms with E-state index in [1.165, 1.54) is 22.6 Å². The van der Waals surface area contributed by atoms with Crippen molar-refractivity contribution in [1.82, 2.24) is 14.3 Å². The first kappa shape index (κ1) is 17.8. The molecule has 1 atom stereocenters. The van der Waals surface area contributed by atoms with Crippen molar-refractivity contribution in [3.63, 3.8) is 0 Å². The number of hydrogen-bond donors (Lipinski definition) is 0. The standard InChI is InChI=1S/C17H20FN3O3S/c1-2-25(22,23)21-8-4-5-13(12-21)16-10-19-11-17(20-16)24-15-7-3-6-14(18)9-15/h3,6-7,9-11,13H,2,4-5,8,12H2,1H3/t13-/m1/s1. The average molecular weight is 365 g/mol. The molecule has 0 aliphatic carbocycles. The highest BCUT2D eigenvalue weighted by Crippen LogP contribution is 2.28. The maximum absolute atomic E-state index is 13.2. The summed E-state index contributed by atoms with van der Waals surface area (Å²) in [5.74, 6) is 0.269. The highest BCUT2D eigenvalue weighted by atomic mass is 32.2. The number of halogens is 1. The fourth-order valence-corrected chi connectivity index (χ4v) is 4.06. The lowest BCUT2D eigenvalue weighted by atomic mass is 9.96. The lowest BCUT2D eigenvalue weighted by molar-refractivity contribution is 0.311. The van der Waals surface area contributed by atoms with Crippen molar-refractivity contribution < 1.29 is 17.5 Å². The molecule has 0 radical (unpaired) electrons. The van der Waals surface area contributed by atoms with Gasteiger partial charge in [-0.25, -0.2) is 22.1 Å². The maximum atomic E-state index is 13.2. The lowest BCUT2D eigenvalue weighted by Gasteiger charge is -2.31. The molecule has 134 valence electrons. The van der Waals surface area contributed by atoms with Gasteiger partial charge in [-0.2, -0.15) is 0 Å². The Hall–Kier alpha value is -2.06. The van der Waals surface area contributed by atoms with E-state index >= 15 is 0 Å². The molecule has 1 saturated heterocycles. The molecule has 0 unspecified atom stereocenters. The molecule has 25 heavy (non-hydrogen) atoms. The van der Waals surface area contributed by atoms with Crippen LogP contribution in [0.15, 0.2) is 36.7 Å². The van der Waals surface area contributed by atoms with E-state index < -0.39 is 15.8 Å². The highest BCUT2D eigenvalue weighted by molar-refractivity contribution is 7.89. The molecule has 1 aromatic carbocycles. The van der Waals surface area contributed by atoms with Crippen LogP contribution in [0.5, 0.6) is 11.6 Å². The topological polar surface area (TPSA) is 72.4 Å². The van der Waals surface area contributed by atoms with Gasteiger partial charge in [0, 0.05) is 31.3 Å². The Morgan fingerprint density at radius 1 is 1.36 bits per heavy atom. The van der Waals surface area contributed by atoms with Gasteiger partial charge in [0.1, 0.15) is 11.6 Å². The van der Waals surface area contributed by atoms with Gasteiger partial charge in [0.25, 0.3) is 0 Å². The lowest BCUT2D eigenvalue weighted by Crippen LogP contribution is -2.40. The Kier molecular flexibility index (Phi) is 5.29. The number of sulfonamides is 1. The summed E-state index contributed by atoms with van der Waals surface area (Å²) in [5.41, 5.74) is 0.685. The van der Waals surface area contributed by atoms with Crippen molar-refractivity contribution in [3.8, 4) is 11.6 Å². The molecule has 1 fully saturated rings. The molecule has 6 nitrogen and oxygen atoms in total. The van der Waals surface area contributed by atoms with E-state index in [0.29, 0.717) is 24.5 Å². The highest BCUT2D eigenvalue weighted by Gasteiger charge is 2.29. The minimum absolute atomic E-state index is 0.0290. The zero-order valence-corrected chi connectivity index (χ0v) is 14.7. The van der Waals surface area contributed by atoms with Gasteiger partial charge in [0.2, 0.25) is 15.9 Å². The number of ether oxygens (including phenoxy) is 1. The third-order valence-electron chi connectivity index (χ3n) is 4.21. The predicted molar refractivity (Wildman–Crippen MR) is 91.5 cm³/mol. The monoisotopic (exact) mass is 365 g/mol. The Bertz CT molecular complexity index is 845. The molecule has 1 aliphatic rings. The summed E-state index contributed by atoms with van der Waals surface area (Å²) in [6.45, 7) is 2.58. The number of aromatic nitrogens is 2. The molecular weight excluding hydrogens is 345 g/mol. The third-order valence-corrected chi connectivity index (χ3v) is 6.06. The van der Waals surface area contributed by atoms with Crippen LogP contribution in [-0.4, -0.2) is 41.5 Å². The molecule has 2 heterocycles. The SMILES string of the molecule is CCS(=O)(=O)N1CCC[C@@H](c2cncc(Oc3cccc(F)c3)n2)C1. The molecular formula is C17H20FN3O3S. The second-order valence-electron chi connectivity index (χ2n) is 5.94. The van der Waals surface area contributed by atoms with Crippen molar-refractivity contribution in [3.05, 3.63) is 48.2 Å². The van der Waals surface area contributed by atoms with Crippen molar-refractivity contribution in [2.75, 3.05) is 18.8 Å². The number of piperidine rings is 1. The van der Waals surface area contributed by atoms with E-state index in [2.05, 4.69) is 9.97 Å². The summed E-state index contributed by atoms with van der Waals surface area (Å²) in [4.78, 5) is 8.57. The molecule has 0 N–H and O–H groups in total. The summed E-state index contributed by atoms with van der Waals surface area (Å²) in [6, 6.07) is 5.79. The summed E-state index contributed by atoms with van der Waals surface area (Å²) < 4.78 is 44.5. The smallest absolute Gasteiger partial charge is 0.238 e. The molecule has 0 bridgehead atoms. The van der Waals surface area contributed by atoms with Crippen LogP contribution in [0.4, 0.5) is 4.39 Å². The molecule has 1 aromatic heterocycles. The van der Waals surface area contributed by atoms with Crippen LogP contribution in [0.2, 0.25) is 0 Å². The molecule has 0 spiro atoms. The van der Waals surface area contributed by atoms with Gasteiger partial charge in [-0.15, -0.1) is 0 Å². The van der Waals surface area contributed by atoms with Crippen LogP contribution >= 0.6 is 0 Å². The second-order valence-corrected chi connectivity index (χ2v) is 8.20. The van der Waals surface area contributed by atoms with Gasteiger partial charge in [0.15, 0.2) is 0 Å². The Balaban J connectivity index is 1.77. The van der Waals surface area contributed by atoms with Crippen LogP contribution in [-0.2, 0) is 10.0 Å². The van der Waals surface area contributed by atoms with Crippen molar-refractivity contribution >= 4 is 10.0 Å². The van der Waals surface area contributed by atoms with Gasteiger partial charge in [-0.3, -0.25) is 4.98 Å². The van der Waals surface area contributed by atoms with Crippen LogP contribution in [0.25, 0.3) is 0 Å². The third kappa shape index (κ3) is 4.32. The quantitative estimate of drug-likeness (QED) is 0.815. The predicted octanol–water partition coefficient (Wildman–Crippen LogP) is 2.94. The van der Waals surface area contributed by atoms with Crippen molar-refractivity contribution in [2.24, 2.45) is 0 Å². The molecule has 0 amide bonds. The molecule has 0 saturated carbocycles. The van der Waals surface area contributed by atoms with Gasteiger partial charge in [-0.1, -0.05) is 6.07 Å². The summed E-state index contributed by atoms with van der Waals surface area (Å²) >= 11 is 0. The first-order chi connectivity index (χ1) is 12.0. The Morgan fingerprint density at radius 3 is 2.96 bits per heavy atom. The van der Waals surface area contributed by atoms with E-state index in [4.69, 9.17) is 4.74 Å². The fourth-order valence-electron chi connectivity index (χ4n) is 2.88. The first-order valence-electron chi connectivity index (χ1n) is 8.21. The minimum atomic E-state index is -3.21. The van der Waals surface area contributed by atoms with Crippen molar-refractivity contribution in [2.45, 2.75) is 25.7 Å². The normalized spacial score (nSPS) is 18.9. The van der Waals surface area contributed by atoms with Gasteiger partial charge in [-0.05, 0) is 31.9 Å². The second kappa shape index (κ2) is 7.45. The Labute approximate surface area is 146 Å². The van der Waals surface area contributed by atoms with Gasteiger partial charge in [0.05, 0.1) is 17.6 Å². The fraction of sp³-hybridized carbons (Fsp3) is 0.412. The summed E-state index contributed by atoms with van der Waals surface area (Å²) in [6.07, 6.45) is 4.71. The number of nitrogens with zero attached hydrogens (tertiary/aromatic N) is 3. The van der Waals surface area contributed by atoms with Crippen LogP contribution in [0.1, 0.15) is 31.4 Å². The molecule has 3 rings (SSSR count). The van der Waals surface area contributed by atoms with Crippen LogP contribution in [0.3, 0.4) is 0 Å². The summed E-state index contributed by atoms with van der Waals surface area (Å²) in [7, 11) is -3.21. The van der Waals surface area contributed by atoms with Crippen LogP contribution in [0, 0.1) is 5.82 Å². The molecule has 2 aromatic rings. The summed E-state index contributed by atoms with van der Waals surface area (Å²) in [5, 5.41) is 0. The van der Waals surface area contributed by atoms with E-state index in [9.17, 15) is 12.8 Å². The van der Waals surface area contributed by atoms with Crippen LogP contribution < -0.4 is 4.74 Å². The molecule has 1 aliphatic heterocycles. The number of rotatable bonds is 5. The van der Waals surface area contributed by atoms with E-state index in [1.807, 2.05) is 0 Å². The number of hydrogen-bond acceptors (Lipinski definition) is 5. The van der Waals surface area contributed by atoms with Gasteiger partial charge < -0.3 is 4.74 Å². The average Bonchev–Trinajstić information content (AvgIpc) is 2.62.